The van der Waals surface area contributed by atoms with Crippen LogP contribution < -0.4 is 5.32 Å². The number of benzene rings is 1. The monoisotopic (exact) mass is 396 g/mol. The molecule has 0 aliphatic heterocycles. The first-order valence-electron chi connectivity index (χ1n) is 7.08. The maximum Gasteiger partial charge on any atom is 0.341 e. The highest BCUT2D eigenvalue weighted by molar-refractivity contribution is 9.08. The number of carbonyl (C=O) groups is 1. The van der Waals surface area contributed by atoms with Crippen LogP contribution in [-0.2, 0) is 5.33 Å². The van der Waals surface area contributed by atoms with E-state index in [1.165, 1.54) is 28.9 Å². The van der Waals surface area contributed by atoms with E-state index in [0.29, 0.717) is 11.4 Å². The highest BCUT2D eigenvalue weighted by Crippen LogP contribution is 2.27. The van der Waals surface area contributed by atoms with Crippen LogP contribution in [0.25, 0.3) is 5.69 Å². The minimum atomic E-state index is -1.09. The quantitative estimate of drug-likeness (QED) is 0.453. The fourth-order valence-corrected chi connectivity index (χ4v) is 2.69. The fraction of sp³-hybridized carbons (Fsp3) is 0.333. The molecule has 0 spiro atoms. The molecule has 9 heteroatoms. The van der Waals surface area contributed by atoms with Crippen LogP contribution in [0.2, 0.25) is 0 Å². The predicted molar refractivity (Wildman–Crippen MR) is 93.2 cm³/mol. The first kappa shape index (κ1) is 17.9. The fourth-order valence-electron chi connectivity index (χ4n) is 2.17. The average Bonchev–Trinajstić information content (AvgIpc) is 2.83. The molecule has 0 aliphatic carbocycles. The molecule has 2 N–H and O–H groups in total. The lowest BCUT2D eigenvalue weighted by atomic mass is 10.1. The molecule has 1 aromatic carbocycles. The Bertz CT molecular complexity index is 778. The van der Waals surface area contributed by atoms with Crippen molar-refractivity contribution >= 4 is 33.4 Å². The predicted octanol–water partition coefficient (Wildman–Crippen LogP) is 3.58. The standard InChI is InChI=1S/C15H17BrN4O4/c1-15(2,3)17-13-12(14(21)22)11(8-16)19(18-13)9-4-6-10(7-5-9)20(23)24/h4-7H,8H2,1-3H3,(H,17,18)(H,21,22). The van der Waals surface area contributed by atoms with Gasteiger partial charge in [0, 0.05) is 23.0 Å². The third-order valence-electron chi connectivity index (χ3n) is 3.12. The smallest absolute Gasteiger partial charge is 0.341 e. The molecule has 0 bridgehead atoms. The lowest BCUT2D eigenvalue weighted by molar-refractivity contribution is -0.384. The lowest BCUT2D eigenvalue weighted by Crippen LogP contribution is -2.27. The maximum atomic E-state index is 11.7. The Kier molecular flexibility index (Phi) is 4.93. The molecular weight excluding hydrogens is 380 g/mol. The summed E-state index contributed by atoms with van der Waals surface area (Å²) in [6.45, 7) is 5.70. The van der Waals surface area contributed by atoms with Crippen molar-refractivity contribution in [3.05, 3.63) is 45.6 Å². The molecule has 24 heavy (non-hydrogen) atoms. The summed E-state index contributed by atoms with van der Waals surface area (Å²) in [5, 5.41) is 28.0. The second-order valence-corrected chi connectivity index (χ2v) is 6.73. The number of hydrogen-bond donors (Lipinski definition) is 2. The van der Waals surface area contributed by atoms with Gasteiger partial charge in [-0.15, -0.1) is 5.10 Å². The number of non-ortho nitro benzene ring substituents is 1. The third kappa shape index (κ3) is 3.73. The number of anilines is 1. The summed E-state index contributed by atoms with van der Waals surface area (Å²) in [6, 6.07) is 5.77. The molecule has 8 nitrogen and oxygen atoms in total. The summed E-state index contributed by atoms with van der Waals surface area (Å²) in [7, 11) is 0. The number of carboxylic acid groups (broad SMARTS) is 1. The average molecular weight is 397 g/mol. The Labute approximate surface area is 146 Å². The molecule has 0 fully saturated rings. The van der Waals surface area contributed by atoms with Gasteiger partial charge in [0.25, 0.3) is 5.69 Å². The Hall–Kier alpha value is -2.42. The van der Waals surface area contributed by atoms with E-state index in [0.717, 1.165) is 0 Å². The zero-order valence-electron chi connectivity index (χ0n) is 13.4. The zero-order chi connectivity index (χ0) is 18.1. The van der Waals surface area contributed by atoms with Gasteiger partial charge < -0.3 is 10.4 Å². The summed E-state index contributed by atoms with van der Waals surface area (Å²) in [5.74, 6) is -0.841. The van der Waals surface area contributed by atoms with Gasteiger partial charge in [-0.1, -0.05) is 15.9 Å². The molecule has 0 atom stereocenters. The number of nitrogens with zero attached hydrogens (tertiary/aromatic N) is 3. The van der Waals surface area contributed by atoms with Crippen LogP contribution in [0.1, 0.15) is 36.8 Å². The molecule has 0 saturated carbocycles. The maximum absolute atomic E-state index is 11.7. The highest BCUT2D eigenvalue weighted by Gasteiger charge is 2.26. The molecule has 128 valence electrons. The van der Waals surface area contributed by atoms with Crippen molar-refractivity contribution in [3.8, 4) is 5.69 Å². The molecule has 1 aromatic heterocycles. The van der Waals surface area contributed by atoms with E-state index in [4.69, 9.17) is 0 Å². The molecule has 2 rings (SSSR count). The van der Waals surface area contributed by atoms with E-state index in [1.54, 1.807) is 0 Å². The van der Waals surface area contributed by atoms with Crippen LogP contribution in [0.4, 0.5) is 11.5 Å². The van der Waals surface area contributed by atoms with Crippen LogP contribution in [0, 0.1) is 10.1 Å². The summed E-state index contributed by atoms with van der Waals surface area (Å²) in [4.78, 5) is 21.9. The molecule has 0 amide bonds. The van der Waals surface area contributed by atoms with E-state index >= 15 is 0 Å². The van der Waals surface area contributed by atoms with Gasteiger partial charge in [0.2, 0.25) is 0 Å². The van der Waals surface area contributed by atoms with Gasteiger partial charge in [0.05, 0.1) is 16.3 Å². The highest BCUT2D eigenvalue weighted by atomic mass is 79.9. The van der Waals surface area contributed by atoms with Crippen molar-refractivity contribution in [1.82, 2.24) is 9.78 Å². The Morgan fingerprint density at radius 2 is 1.96 bits per heavy atom. The van der Waals surface area contributed by atoms with Crippen LogP contribution in [-0.4, -0.2) is 31.3 Å². The topological polar surface area (TPSA) is 110 Å². The minimum Gasteiger partial charge on any atom is -0.477 e. The van der Waals surface area contributed by atoms with E-state index in [1.807, 2.05) is 20.8 Å². The number of nitro benzene ring substituents is 1. The largest absolute Gasteiger partial charge is 0.477 e. The van der Waals surface area contributed by atoms with E-state index in [2.05, 4.69) is 26.3 Å². The number of nitrogens with one attached hydrogen (secondary N) is 1. The van der Waals surface area contributed by atoms with E-state index < -0.39 is 10.9 Å². The van der Waals surface area contributed by atoms with Crippen molar-refractivity contribution in [1.29, 1.82) is 0 Å². The molecule has 2 aromatic rings. The number of alkyl halides is 1. The van der Waals surface area contributed by atoms with Gasteiger partial charge in [-0.2, -0.15) is 0 Å². The number of rotatable bonds is 5. The Morgan fingerprint density at radius 3 is 2.38 bits per heavy atom. The second kappa shape index (κ2) is 6.60. The Morgan fingerprint density at radius 1 is 1.38 bits per heavy atom. The normalized spacial score (nSPS) is 11.3. The third-order valence-corrected chi connectivity index (χ3v) is 3.65. The first-order valence-corrected chi connectivity index (χ1v) is 8.20. The second-order valence-electron chi connectivity index (χ2n) is 6.17. The zero-order valence-corrected chi connectivity index (χ0v) is 15.0. The minimum absolute atomic E-state index is 0.0437. The Balaban J connectivity index is 2.59. The first-order chi connectivity index (χ1) is 11.1. The van der Waals surface area contributed by atoms with Crippen LogP contribution >= 0.6 is 15.9 Å². The van der Waals surface area contributed by atoms with Crippen molar-refractivity contribution in [2.24, 2.45) is 0 Å². The van der Waals surface area contributed by atoms with Crippen molar-refractivity contribution in [2.75, 3.05) is 5.32 Å². The number of halogens is 1. The molecule has 0 radical (unpaired) electrons. The summed E-state index contributed by atoms with van der Waals surface area (Å²) < 4.78 is 1.47. The van der Waals surface area contributed by atoms with Gasteiger partial charge in [-0.25, -0.2) is 9.48 Å². The van der Waals surface area contributed by atoms with Crippen LogP contribution in [0.3, 0.4) is 0 Å². The molecule has 1 heterocycles. The number of hydrogen-bond acceptors (Lipinski definition) is 5. The van der Waals surface area contributed by atoms with Gasteiger partial charge in [0.15, 0.2) is 5.82 Å². The summed E-state index contributed by atoms with van der Waals surface area (Å²) in [6.07, 6.45) is 0. The van der Waals surface area contributed by atoms with Gasteiger partial charge >= 0.3 is 5.97 Å². The molecule has 0 unspecified atom stereocenters. The van der Waals surface area contributed by atoms with E-state index in [-0.39, 0.29) is 27.9 Å². The number of nitro groups is 1. The van der Waals surface area contributed by atoms with Crippen molar-refractivity contribution in [2.45, 2.75) is 31.6 Å². The SMILES string of the molecule is CC(C)(C)Nc1nn(-c2ccc([N+](=O)[O-])cc2)c(CBr)c1C(=O)O. The number of carboxylic acids is 1. The van der Waals surface area contributed by atoms with Gasteiger partial charge in [-0.3, -0.25) is 10.1 Å². The molecular formula is C15H17BrN4O4. The van der Waals surface area contributed by atoms with Gasteiger partial charge in [0.1, 0.15) is 5.56 Å². The summed E-state index contributed by atoms with van der Waals surface area (Å²) in [5.41, 5.74) is 0.642. The molecule has 0 saturated heterocycles. The van der Waals surface area contributed by atoms with Gasteiger partial charge in [-0.05, 0) is 32.9 Å². The van der Waals surface area contributed by atoms with Crippen molar-refractivity contribution in [3.63, 3.8) is 0 Å². The molecule has 0 aliphatic rings. The lowest BCUT2D eigenvalue weighted by Gasteiger charge is -2.20. The van der Waals surface area contributed by atoms with Crippen LogP contribution in [0.15, 0.2) is 24.3 Å². The number of aromatic carboxylic acids is 1. The number of aromatic nitrogens is 2. The van der Waals surface area contributed by atoms with E-state index in [9.17, 15) is 20.0 Å². The van der Waals surface area contributed by atoms with Crippen molar-refractivity contribution < 1.29 is 14.8 Å². The summed E-state index contributed by atoms with van der Waals surface area (Å²) >= 11 is 3.30. The van der Waals surface area contributed by atoms with Crippen LogP contribution in [0.5, 0.6) is 0 Å².